The zero-order chi connectivity index (χ0) is 17.9. The Balaban J connectivity index is 2.29. The van der Waals surface area contributed by atoms with Crippen molar-refractivity contribution in [2.75, 3.05) is 0 Å². The molecule has 0 aliphatic rings. The first kappa shape index (κ1) is 20.7. The van der Waals surface area contributed by atoms with Gasteiger partial charge >= 0.3 is 5.97 Å². The lowest BCUT2D eigenvalue weighted by Crippen LogP contribution is -2.44. The molecular formula is C20H37N2O2+. The van der Waals surface area contributed by atoms with Gasteiger partial charge in [-0.25, -0.2) is 13.9 Å². The van der Waals surface area contributed by atoms with Gasteiger partial charge in [0.15, 0.2) is 6.04 Å². The monoisotopic (exact) mass is 337 g/mol. The van der Waals surface area contributed by atoms with Gasteiger partial charge in [0.2, 0.25) is 0 Å². The van der Waals surface area contributed by atoms with Gasteiger partial charge in [-0.15, -0.1) is 0 Å². The van der Waals surface area contributed by atoms with E-state index in [0.717, 1.165) is 24.4 Å². The van der Waals surface area contributed by atoms with Crippen LogP contribution in [-0.4, -0.2) is 15.6 Å². The first-order chi connectivity index (χ1) is 11.5. The molecule has 1 rings (SSSR count). The van der Waals surface area contributed by atoms with Crippen LogP contribution < -0.4 is 4.57 Å². The highest BCUT2D eigenvalue weighted by Gasteiger charge is 2.26. The summed E-state index contributed by atoms with van der Waals surface area (Å²) in [5.74, 6) is 0.358. The molecule has 0 aromatic carbocycles. The van der Waals surface area contributed by atoms with Crippen molar-refractivity contribution in [1.82, 2.24) is 4.57 Å². The van der Waals surface area contributed by atoms with Crippen LogP contribution in [-0.2, 0) is 18.3 Å². The molecule has 138 valence electrons. The van der Waals surface area contributed by atoms with E-state index in [1.165, 1.54) is 57.8 Å². The Labute approximate surface area is 147 Å². The van der Waals surface area contributed by atoms with Crippen molar-refractivity contribution in [1.29, 1.82) is 0 Å². The first-order valence-electron chi connectivity index (χ1n) is 9.78. The molecule has 0 saturated carbocycles. The summed E-state index contributed by atoms with van der Waals surface area (Å²) in [6.07, 6.45) is 16.2. The molecule has 1 atom stereocenters. The zero-order valence-electron chi connectivity index (χ0n) is 16.2. The SMILES string of the molecule is CCCCCCCCCCCCc1n(C)c(C)c[n+]1C(C)C(=O)O. The summed E-state index contributed by atoms with van der Waals surface area (Å²) in [5, 5.41) is 9.28. The van der Waals surface area contributed by atoms with Crippen molar-refractivity contribution in [2.24, 2.45) is 7.05 Å². The molecule has 24 heavy (non-hydrogen) atoms. The molecule has 0 saturated heterocycles. The Hall–Kier alpha value is -1.32. The fraction of sp³-hybridized carbons (Fsp3) is 0.800. The van der Waals surface area contributed by atoms with Gasteiger partial charge in [0, 0.05) is 13.3 Å². The van der Waals surface area contributed by atoms with E-state index in [4.69, 9.17) is 0 Å². The van der Waals surface area contributed by atoms with Crippen LogP contribution in [0.1, 0.15) is 95.6 Å². The van der Waals surface area contributed by atoms with E-state index in [0.29, 0.717) is 0 Å². The molecule has 1 N–H and O–H groups in total. The molecule has 0 bridgehead atoms. The summed E-state index contributed by atoms with van der Waals surface area (Å²) in [7, 11) is 2.03. The van der Waals surface area contributed by atoms with E-state index < -0.39 is 12.0 Å². The van der Waals surface area contributed by atoms with Crippen molar-refractivity contribution in [3.05, 3.63) is 17.7 Å². The zero-order valence-corrected chi connectivity index (χ0v) is 16.2. The van der Waals surface area contributed by atoms with E-state index in [1.807, 2.05) is 24.7 Å². The number of aromatic nitrogens is 2. The second-order valence-electron chi connectivity index (χ2n) is 7.10. The molecule has 4 nitrogen and oxygen atoms in total. The minimum atomic E-state index is -0.769. The van der Waals surface area contributed by atoms with E-state index >= 15 is 0 Å². The molecule has 0 fully saturated rings. The standard InChI is InChI=1S/C20H36N2O2/c1-5-6-7-8-9-10-11-12-13-14-15-19-21(4)17(2)16-22(19)18(3)20(23)24/h16,18H,5-15H2,1-4H3/p+1. The highest BCUT2D eigenvalue weighted by molar-refractivity contribution is 5.69. The smallest absolute Gasteiger partial charge is 0.349 e. The van der Waals surface area contributed by atoms with E-state index in [1.54, 1.807) is 6.92 Å². The Kier molecular flexibility index (Phi) is 9.73. The average molecular weight is 338 g/mol. The molecular weight excluding hydrogens is 300 g/mol. The molecule has 1 aromatic heterocycles. The van der Waals surface area contributed by atoms with Gasteiger partial charge < -0.3 is 5.11 Å². The number of hydrogen-bond acceptors (Lipinski definition) is 1. The number of carbonyl (C=O) groups is 1. The highest BCUT2D eigenvalue weighted by atomic mass is 16.4. The molecule has 1 unspecified atom stereocenters. The van der Waals surface area contributed by atoms with Gasteiger partial charge in [0.05, 0.1) is 7.05 Å². The van der Waals surface area contributed by atoms with Crippen LogP contribution in [0.4, 0.5) is 0 Å². The molecule has 1 aromatic rings. The van der Waals surface area contributed by atoms with Gasteiger partial charge in [-0.2, -0.15) is 0 Å². The number of aliphatic carboxylic acids is 1. The Morgan fingerprint density at radius 1 is 1.08 bits per heavy atom. The number of nitrogens with zero attached hydrogens (tertiary/aromatic N) is 2. The van der Waals surface area contributed by atoms with Gasteiger partial charge in [0.25, 0.3) is 5.82 Å². The third kappa shape index (κ3) is 6.66. The fourth-order valence-electron chi connectivity index (χ4n) is 3.26. The largest absolute Gasteiger partial charge is 0.478 e. The minimum Gasteiger partial charge on any atom is -0.478 e. The summed E-state index contributed by atoms with van der Waals surface area (Å²) in [4.78, 5) is 11.3. The second-order valence-corrected chi connectivity index (χ2v) is 7.10. The summed E-state index contributed by atoms with van der Waals surface area (Å²) in [5.41, 5.74) is 1.12. The maximum atomic E-state index is 11.3. The number of rotatable bonds is 13. The van der Waals surface area contributed by atoms with Crippen LogP contribution >= 0.6 is 0 Å². The van der Waals surface area contributed by atoms with Crippen molar-refractivity contribution in [3.8, 4) is 0 Å². The minimum absolute atomic E-state index is 0.497. The van der Waals surface area contributed by atoms with Gasteiger partial charge in [-0.3, -0.25) is 0 Å². The van der Waals surface area contributed by atoms with Crippen molar-refractivity contribution < 1.29 is 14.5 Å². The van der Waals surface area contributed by atoms with E-state index in [9.17, 15) is 9.90 Å². The van der Waals surface area contributed by atoms with E-state index in [-0.39, 0.29) is 0 Å². The van der Waals surface area contributed by atoms with Gasteiger partial charge in [-0.05, 0) is 13.3 Å². The van der Waals surface area contributed by atoms with Gasteiger partial charge in [-0.1, -0.05) is 64.7 Å². The molecule has 0 aliphatic carbocycles. The molecule has 1 heterocycles. The summed E-state index contributed by atoms with van der Waals surface area (Å²) in [6, 6.07) is -0.497. The van der Waals surface area contributed by atoms with Crippen LogP contribution in [0.15, 0.2) is 6.20 Å². The van der Waals surface area contributed by atoms with Crippen LogP contribution in [0, 0.1) is 6.92 Å². The Bertz CT molecular complexity index is 494. The average Bonchev–Trinajstić information content (AvgIpc) is 2.83. The number of unbranched alkanes of at least 4 members (excludes halogenated alkanes) is 9. The molecule has 0 amide bonds. The summed E-state index contributed by atoms with van der Waals surface area (Å²) in [6.45, 7) is 6.05. The van der Waals surface area contributed by atoms with Crippen LogP contribution in [0.25, 0.3) is 0 Å². The number of carboxylic acids is 1. The maximum absolute atomic E-state index is 11.3. The number of imidazole rings is 1. The lowest BCUT2D eigenvalue weighted by Gasteiger charge is -2.07. The Morgan fingerprint density at radius 2 is 1.58 bits per heavy atom. The predicted octanol–water partition coefficient (Wildman–Crippen LogP) is 4.73. The topological polar surface area (TPSA) is 46.1 Å². The summed E-state index contributed by atoms with van der Waals surface area (Å²) < 4.78 is 4.05. The number of carboxylic acid groups (broad SMARTS) is 1. The first-order valence-corrected chi connectivity index (χ1v) is 9.78. The van der Waals surface area contributed by atoms with Crippen LogP contribution in [0.5, 0.6) is 0 Å². The molecule has 0 aliphatic heterocycles. The number of hydrogen-bond donors (Lipinski definition) is 1. The third-order valence-corrected chi connectivity index (χ3v) is 5.07. The Morgan fingerprint density at radius 3 is 2.08 bits per heavy atom. The van der Waals surface area contributed by atoms with E-state index in [2.05, 4.69) is 11.5 Å². The summed E-state index contributed by atoms with van der Waals surface area (Å²) >= 11 is 0. The predicted molar refractivity (Wildman–Crippen MR) is 98.2 cm³/mol. The van der Waals surface area contributed by atoms with Crippen molar-refractivity contribution >= 4 is 5.97 Å². The third-order valence-electron chi connectivity index (χ3n) is 5.07. The quantitative estimate of drug-likeness (QED) is 0.418. The van der Waals surface area contributed by atoms with Crippen molar-refractivity contribution in [3.63, 3.8) is 0 Å². The molecule has 0 radical (unpaired) electrons. The van der Waals surface area contributed by atoms with Crippen LogP contribution in [0.2, 0.25) is 0 Å². The van der Waals surface area contributed by atoms with Crippen molar-refractivity contribution in [2.45, 2.75) is 97.4 Å². The highest BCUT2D eigenvalue weighted by Crippen LogP contribution is 2.13. The normalized spacial score (nSPS) is 12.5. The second kappa shape index (κ2) is 11.3. The molecule has 0 spiro atoms. The van der Waals surface area contributed by atoms with Crippen LogP contribution in [0.3, 0.4) is 0 Å². The maximum Gasteiger partial charge on any atom is 0.349 e. The lowest BCUT2D eigenvalue weighted by atomic mass is 10.1. The van der Waals surface area contributed by atoms with Gasteiger partial charge in [0.1, 0.15) is 11.9 Å². The molecule has 4 heteroatoms. The number of aryl methyl sites for hydroxylation is 1. The fourth-order valence-corrected chi connectivity index (χ4v) is 3.26. The lowest BCUT2D eigenvalue weighted by molar-refractivity contribution is -0.714.